The van der Waals surface area contributed by atoms with E-state index in [4.69, 9.17) is 16.3 Å². The van der Waals surface area contributed by atoms with Crippen LogP contribution >= 0.6 is 11.6 Å². The lowest BCUT2D eigenvalue weighted by atomic mass is 10.0. The number of ether oxygens (including phenoxy) is 1. The van der Waals surface area contributed by atoms with E-state index in [1.54, 1.807) is 0 Å². The molecule has 176 valence electrons. The molecule has 0 spiro atoms. The Morgan fingerprint density at radius 3 is 2.65 bits per heavy atom. The van der Waals surface area contributed by atoms with Gasteiger partial charge in [0.2, 0.25) is 0 Å². The van der Waals surface area contributed by atoms with Crippen LogP contribution in [0.3, 0.4) is 0 Å². The summed E-state index contributed by atoms with van der Waals surface area (Å²) in [4.78, 5) is 13.4. The molecule has 0 radical (unpaired) electrons. The molecule has 2 N–H and O–H groups in total. The molecule has 0 saturated carbocycles. The van der Waals surface area contributed by atoms with Gasteiger partial charge < -0.3 is 19.7 Å². The summed E-state index contributed by atoms with van der Waals surface area (Å²) < 4.78 is 7.93. The maximum absolute atomic E-state index is 13.4. The van der Waals surface area contributed by atoms with Gasteiger partial charge in [0.15, 0.2) is 0 Å². The summed E-state index contributed by atoms with van der Waals surface area (Å²) in [6, 6.07) is 20.8. The summed E-state index contributed by atoms with van der Waals surface area (Å²) in [6.45, 7) is 2.36. The van der Waals surface area contributed by atoms with Gasteiger partial charge in [-0.25, -0.2) is 0 Å². The van der Waals surface area contributed by atoms with Crippen molar-refractivity contribution in [3.63, 3.8) is 0 Å². The molecule has 4 aromatic rings. The van der Waals surface area contributed by atoms with Crippen LogP contribution in [0, 0.1) is 0 Å². The molecule has 4 rings (SSSR count). The number of amides is 1. The molecule has 0 unspecified atom stereocenters. The maximum atomic E-state index is 13.4. The summed E-state index contributed by atoms with van der Waals surface area (Å²) in [6.07, 6.45) is 3.40. The molecule has 0 aliphatic carbocycles. The summed E-state index contributed by atoms with van der Waals surface area (Å²) in [7, 11) is 2.00. The number of benzene rings is 3. The van der Waals surface area contributed by atoms with Gasteiger partial charge in [-0.15, -0.1) is 0 Å². The third-order valence-corrected chi connectivity index (χ3v) is 6.08. The monoisotopic (exact) mass is 476 g/mol. The number of para-hydroxylation sites is 1. The van der Waals surface area contributed by atoms with Crippen molar-refractivity contribution in [1.29, 1.82) is 0 Å². The molecule has 1 heterocycles. The van der Waals surface area contributed by atoms with Crippen LogP contribution in [0.15, 0.2) is 72.9 Å². The molecule has 0 bridgehead atoms. The number of aryl methyl sites for hydroxylation is 1. The van der Waals surface area contributed by atoms with E-state index in [-0.39, 0.29) is 12.5 Å². The van der Waals surface area contributed by atoms with Crippen molar-refractivity contribution < 1.29 is 14.6 Å². The number of nitrogens with zero attached hydrogens (tertiary/aromatic N) is 1. The smallest absolute Gasteiger partial charge is 0.255 e. The fourth-order valence-corrected chi connectivity index (χ4v) is 4.36. The number of fused-ring (bicyclic) bond motifs is 1. The Morgan fingerprint density at radius 1 is 1.09 bits per heavy atom. The highest BCUT2D eigenvalue weighted by molar-refractivity contribution is 6.30. The zero-order chi connectivity index (χ0) is 24.1. The molecule has 3 aromatic carbocycles. The predicted octanol–water partition coefficient (Wildman–Crippen LogP) is 5.62. The van der Waals surface area contributed by atoms with E-state index in [1.807, 2.05) is 68.6 Å². The zero-order valence-electron chi connectivity index (χ0n) is 19.4. The van der Waals surface area contributed by atoms with E-state index in [0.29, 0.717) is 29.4 Å². The van der Waals surface area contributed by atoms with E-state index in [0.717, 1.165) is 34.0 Å². The van der Waals surface area contributed by atoms with Crippen LogP contribution in [0.5, 0.6) is 5.75 Å². The number of hydrogen-bond acceptors (Lipinski definition) is 3. The minimum atomic E-state index is -0.438. The molecular weight excluding hydrogens is 448 g/mol. The molecule has 1 amide bonds. The molecule has 0 fully saturated rings. The van der Waals surface area contributed by atoms with Gasteiger partial charge in [0.1, 0.15) is 5.75 Å². The number of aliphatic hydroxyl groups excluding tert-OH is 1. The first-order valence-electron chi connectivity index (χ1n) is 11.5. The predicted molar refractivity (Wildman–Crippen MR) is 138 cm³/mol. The van der Waals surface area contributed by atoms with Crippen LogP contribution in [-0.4, -0.2) is 34.8 Å². The summed E-state index contributed by atoms with van der Waals surface area (Å²) >= 11 is 6.17. The van der Waals surface area contributed by atoms with E-state index in [1.165, 1.54) is 0 Å². The van der Waals surface area contributed by atoms with Crippen LogP contribution in [0.4, 0.5) is 0 Å². The van der Waals surface area contributed by atoms with Crippen molar-refractivity contribution in [1.82, 2.24) is 9.88 Å². The molecule has 1 aromatic heterocycles. The Kier molecular flexibility index (Phi) is 7.56. The second-order valence-electron chi connectivity index (χ2n) is 8.41. The van der Waals surface area contributed by atoms with Gasteiger partial charge in [-0.2, -0.15) is 0 Å². The van der Waals surface area contributed by atoms with Crippen molar-refractivity contribution in [3.05, 3.63) is 89.1 Å². The summed E-state index contributed by atoms with van der Waals surface area (Å²) in [5.74, 6) is 0.237. The van der Waals surface area contributed by atoms with Crippen LogP contribution < -0.4 is 10.1 Å². The number of aromatic nitrogens is 1. The highest BCUT2D eigenvalue weighted by Gasteiger charge is 2.20. The minimum absolute atomic E-state index is 0.173. The second kappa shape index (κ2) is 10.8. The zero-order valence-corrected chi connectivity index (χ0v) is 20.2. The standard InChI is InChI=1S/C28H29ClN2O3/c1-3-13-34-27-12-11-20(19-7-6-8-22(29)14-19)16-25(27)28(33)30-23(18-32)15-21-17-31(2)26-10-5-4-9-24(21)26/h4-12,14,16-17,23,32H,3,13,15,18H2,1-2H3,(H,30,33)/t23-/m1/s1. The van der Waals surface area contributed by atoms with E-state index >= 15 is 0 Å². The average Bonchev–Trinajstić information content (AvgIpc) is 3.17. The van der Waals surface area contributed by atoms with Crippen LogP contribution in [-0.2, 0) is 13.5 Å². The topological polar surface area (TPSA) is 63.5 Å². The Balaban J connectivity index is 1.61. The summed E-state index contributed by atoms with van der Waals surface area (Å²) in [5, 5.41) is 14.8. The SMILES string of the molecule is CCCOc1ccc(-c2cccc(Cl)c2)cc1C(=O)N[C@@H](CO)Cc1cn(C)c2ccccc12. The van der Waals surface area contributed by atoms with Crippen LogP contribution in [0.2, 0.25) is 5.02 Å². The second-order valence-corrected chi connectivity index (χ2v) is 8.85. The van der Waals surface area contributed by atoms with Crippen molar-refractivity contribution >= 4 is 28.4 Å². The van der Waals surface area contributed by atoms with Crippen molar-refractivity contribution in [3.8, 4) is 16.9 Å². The first-order chi connectivity index (χ1) is 16.5. The molecule has 0 aliphatic heterocycles. The number of nitrogens with one attached hydrogen (secondary N) is 1. The third-order valence-electron chi connectivity index (χ3n) is 5.85. The molecule has 1 atom stereocenters. The lowest BCUT2D eigenvalue weighted by Gasteiger charge is -2.18. The first-order valence-corrected chi connectivity index (χ1v) is 11.9. The average molecular weight is 477 g/mol. The Hall–Kier alpha value is -3.28. The Bertz CT molecular complexity index is 1300. The molecule has 0 saturated heterocycles. The number of aliphatic hydroxyl groups is 1. The van der Waals surface area contributed by atoms with Gasteiger partial charge in [-0.3, -0.25) is 4.79 Å². The third kappa shape index (κ3) is 5.27. The van der Waals surface area contributed by atoms with E-state index in [9.17, 15) is 9.90 Å². The number of hydrogen-bond donors (Lipinski definition) is 2. The van der Waals surface area contributed by atoms with Gasteiger partial charge in [-0.05, 0) is 59.9 Å². The summed E-state index contributed by atoms with van der Waals surface area (Å²) in [5.41, 5.74) is 4.41. The lowest BCUT2D eigenvalue weighted by Crippen LogP contribution is -2.39. The van der Waals surface area contributed by atoms with Crippen LogP contribution in [0.1, 0.15) is 29.3 Å². The maximum Gasteiger partial charge on any atom is 0.255 e. The van der Waals surface area contributed by atoms with Gasteiger partial charge in [0.05, 0.1) is 24.8 Å². The normalized spacial score (nSPS) is 12.0. The highest BCUT2D eigenvalue weighted by atomic mass is 35.5. The van der Waals surface area contributed by atoms with Crippen molar-refractivity contribution in [2.24, 2.45) is 7.05 Å². The lowest BCUT2D eigenvalue weighted by molar-refractivity contribution is 0.0912. The van der Waals surface area contributed by atoms with E-state index < -0.39 is 6.04 Å². The number of halogens is 1. The largest absolute Gasteiger partial charge is 0.493 e. The first kappa shape index (κ1) is 23.9. The molecular formula is C28H29ClN2O3. The Morgan fingerprint density at radius 2 is 1.88 bits per heavy atom. The highest BCUT2D eigenvalue weighted by Crippen LogP contribution is 2.29. The number of carbonyl (C=O) groups excluding carboxylic acids is 1. The van der Waals surface area contributed by atoms with E-state index in [2.05, 4.69) is 28.2 Å². The van der Waals surface area contributed by atoms with Crippen molar-refractivity contribution in [2.45, 2.75) is 25.8 Å². The quantitative estimate of drug-likeness (QED) is 0.329. The fraction of sp³-hybridized carbons (Fsp3) is 0.250. The van der Waals surface area contributed by atoms with Gasteiger partial charge in [0, 0.05) is 29.2 Å². The van der Waals surface area contributed by atoms with Crippen LogP contribution in [0.25, 0.3) is 22.0 Å². The number of carbonyl (C=O) groups is 1. The van der Waals surface area contributed by atoms with Crippen molar-refractivity contribution in [2.75, 3.05) is 13.2 Å². The Labute approximate surface area is 204 Å². The minimum Gasteiger partial charge on any atom is -0.493 e. The molecule has 34 heavy (non-hydrogen) atoms. The fourth-order valence-electron chi connectivity index (χ4n) is 4.17. The van der Waals surface area contributed by atoms with Gasteiger partial charge in [-0.1, -0.05) is 54.9 Å². The molecule has 6 heteroatoms. The molecule has 5 nitrogen and oxygen atoms in total. The molecule has 0 aliphatic rings. The van der Waals surface area contributed by atoms with Gasteiger partial charge >= 0.3 is 0 Å². The number of rotatable bonds is 9. The van der Waals surface area contributed by atoms with Gasteiger partial charge in [0.25, 0.3) is 5.91 Å².